The zero-order valence-electron chi connectivity index (χ0n) is 15.1. The van der Waals surface area contributed by atoms with Gasteiger partial charge in [-0.2, -0.15) is 0 Å². The van der Waals surface area contributed by atoms with E-state index in [1.54, 1.807) is 0 Å². The first-order valence-electron chi connectivity index (χ1n) is 8.90. The van der Waals surface area contributed by atoms with E-state index in [0.29, 0.717) is 13.0 Å². The molecule has 1 heterocycles. The molecule has 10 heteroatoms. The van der Waals surface area contributed by atoms with Gasteiger partial charge in [-0.1, -0.05) is 30.8 Å². The Morgan fingerprint density at radius 2 is 1.81 bits per heavy atom. The predicted octanol–water partition coefficient (Wildman–Crippen LogP) is 1.02. The van der Waals surface area contributed by atoms with Gasteiger partial charge in [0, 0.05) is 17.9 Å². The second kappa shape index (κ2) is 12.9. The highest BCUT2D eigenvalue weighted by Gasteiger charge is 2.44. The second-order valence-electron chi connectivity index (χ2n) is 6.22. The molecule has 3 N–H and O–H groups in total. The molecule has 0 aromatic heterocycles. The summed E-state index contributed by atoms with van der Waals surface area (Å²) in [6.07, 6.45) is 1.19. The number of carbonyl (C=O) groups excluding carboxylic acids is 1. The van der Waals surface area contributed by atoms with Gasteiger partial charge >= 0.3 is 5.97 Å². The SMILES string of the molecule is COC(=O)CCCCCCCCO[C@@H]1O[C@H](CO)[C@@H](O)[C@H](O)[C@@H]1N=[N+]=[N-]. The van der Waals surface area contributed by atoms with Crippen molar-refractivity contribution in [1.82, 2.24) is 0 Å². The van der Waals surface area contributed by atoms with Crippen LogP contribution in [0.2, 0.25) is 0 Å². The molecular weight excluding hydrogens is 346 g/mol. The van der Waals surface area contributed by atoms with Gasteiger partial charge in [-0.15, -0.1) is 0 Å². The Morgan fingerprint density at radius 3 is 2.42 bits per heavy atom. The van der Waals surface area contributed by atoms with E-state index in [-0.39, 0.29) is 5.97 Å². The van der Waals surface area contributed by atoms with E-state index < -0.39 is 37.3 Å². The quantitative estimate of drug-likeness (QED) is 0.151. The van der Waals surface area contributed by atoms with Crippen molar-refractivity contribution in [3.05, 3.63) is 10.4 Å². The van der Waals surface area contributed by atoms with Crippen molar-refractivity contribution >= 4 is 5.97 Å². The summed E-state index contributed by atoms with van der Waals surface area (Å²) >= 11 is 0. The summed E-state index contributed by atoms with van der Waals surface area (Å²) in [6, 6.07) is -1.07. The average Bonchev–Trinajstić information content (AvgIpc) is 2.65. The number of unbranched alkanes of at least 4 members (excludes halogenated alkanes) is 5. The van der Waals surface area contributed by atoms with E-state index >= 15 is 0 Å². The fourth-order valence-electron chi connectivity index (χ4n) is 2.77. The number of azide groups is 1. The molecule has 0 amide bonds. The van der Waals surface area contributed by atoms with Crippen LogP contribution in [0.25, 0.3) is 10.4 Å². The Bertz CT molecular complexity index is 459. The van der Waals surface area contributed by atoms with E-state index in [4.69, 9.17) is 15.0 Å². The largest absolute Gasteiger partial charge is 0.469 e. The normalized spacial score (nSPS) is 28.4. The van der Waals surface area contributed by atoms with Crippen LogP contribution in [0.15, 0.2) is 5.11 Å². The van der Waals surface area contributed by atoms with Gasteiger partial charge < -0.3 is 29.5 Å². The lowest BCUT2D eigenvalue weighted by atomic mass is 9.98. The van der Waals surface area contributed by atoms with Gasteiger partial charge in [0.2, 0.25) is 0 Å². The van der Waals surface area contributed by atoms with Crippen LogP contribution in [-0.4, -0.2) is 72.3 Å². The number of methoxy groups -OCH3 is 1. The van der Waals surface area contributed by atoms with E-state index in [1.807, 2.05) is 0 Å². The number of hydrogen-bond acceptors (Lipinski definition) is 8. The number of aliphatic hydroxyl groups excluding tert-OH is 3. The van der Waals surface area contributed by atoms with Crippen LogP contribution in [0.1, 0.15) is 44.9 Å². The molecule has 1 rings (SSSR count). The first-order chi connectivity index (χ1) is 12.5. The third-order valence-corrected chi connectivity index (χ3v) is 4.32. The number of rotatable bonds is 12. The Hall–Kier alpha value is -1.42. The molecule has 10 nitrogen and oxygen atoms in total. The summed E-state index contributed by atoms with van der Waals surface area (Å²) in [6.45, 7) is -0.141. The summed E-state index contributed by atoms with van der Waals surface area (Å²) in [4.78, 5) is 13.6. The smallest absolute Gasteiger partial charge is 0.305 e. The van der Waals surface area contributed by atoms with Gasteiger partial charge in [0.25, 0.3) is 0 Å². The van der Waals surface area contributed by atoms with Crippen molar-refractivity contribution in [3.8, 4) is 0 Å². The highest BCUT2D eigenvalue weighted by atomic mass is 16.7. The molecule has 1 aliphatic heterocycles. The van der Waals surface area contributed by atoms with Gasteiger partial charge in [0.1, 0.15) is 18.2 Å². The molecule has 150 valence electrons. The highest BCUT2D eigenvalue weighted by Crippen LogP contribution is 2.25. The topological polar surface area (TPSA) is 154 Å². The fourth-order valence-corrected chi connectivity index (χ4v) is 2.77. The molecule has 1 saturated heterocycles. The van der Waals surface area contributed by atoms with Crippen molar-refractivity contribution in [2.45, 2.75) is 75.6 Å². The first kappa shape index (κ1) is 22.6. The molecule has 0 spiro atoms. The lowest BCUT2D eigenvalue weighted by Crippen LogP contribution is -2.58. The number of esters is 1. The van der Waals surface area contributed by atoms with Crippen LogP contribution in [0.5, 0.6) is 0 Å². The minimum Gasteiger partial charge on any atom is -0.469 e. The maximum absolute atomic E-state index is 11.0. The predicted molar refractivity (Wildman–Crippen MR) is 91.0 cm³/mol. The van der Waals surface area contributed by atoms with Gasteiger partial charge in [0.15, 0.2) is 6.29 Å². The summed E-state index contributed by atoms with van der Waals surface area (Å²) in [5.74, 6) is -0.186. The fraction of sp³-hybridized carbons (Fsp3) is 0.938. The average molecular weight is 375 g/mol. The molecule has 0 unspecified atom stereocenters. The monoisotopic (exact) mass is 375 g/mol. The zero-order valence-corrected chi connectivity index (χ0v) is 15.1. The second-order valence-corrected chi connectivity index (χ2v) is 6.22. The van der Waals surface area contributed by atoms with Crippen LogP contribution < -0.4 is 0 Å². The molecule has 0 aromatic rings. The van der Waals surface area contributed by atoms with E-state index in [1.165, 1.54) is 7.11 Å². The molecular formula is C16H29N3O7. The number of ether oxygens (including phenoxy) is 3. The zero-order chi connectivity index (χ0) is 19.4. The van der Waals surface area contributed by atoms with Crippen LogP contribution in [0.3, 0.4) is 0 Å². The third kappa shape index (κ3) is 7.45. The molecule has 0 saturated carbocycles. The molecule has 0 aliphatic carbocycles. The van der Waals surface area contributed by atoms with Crippen molar-refractivity contribution < 1.29 is 34.3 Å². The summed E-state index contributed by atoms with van der Waals surface area (Å²) in [7, 11) is 1.38. The number of carbonyl (C=O) groups is 1. The van der Waals surface area contributed by atoms with Crippen molar-refractivity contribution in [3.63, 3.8) is 0 Å². The maximum Gasteiger partial charge on any atom is 0.305 e. The van der Waals surface area contributed by atoms with Gasteiger partial charge in [-0.3, -0.25) is 4.79 Å². The van der Waals surface area contributed by atoms with Crippen molar-refractivity contribution in [2.24, 2.45) is 5.11 Å². The molecule has 1 aliphatic rings. The standard InChI is InChI=1S/C16H29N3O7/c1-24-12(21)8-6-4-2-3-5-7-9-25-16-13(18-19-17)15(23)14(22)11(10-20)26-16/h11,13-16,20,22-23H,2-10H2,1H3/t11-,13+,14-,15-,16-/m1/s1. The lowest BCUT2D eigenvalue weighted by molar-refractivity contribution is -0.265. The van der Waals surface area contributed by atoms with E-state index in [0.717, 1.165) is 38.5 Å². The van der Waals surface area contributed by atoms with Crippen LogP contribution >= 0.6 is 0 Å². The van der Waals surface area contributed by atoms with E-state index in [2.05, 4.69) is 14.8 Å². The molecule has 0 aromatic carbocycles. The minimum absolute atomic E-state index is 0.186. The summed E-state index contributed by atoms with van der Waals surface area (Å²) in [5, 5.41) is 32.4. The summed E-state index contributed by atoms with van der Waals surface area (Å²) in [5.41, 5.74) is 8.60. The molecule has 5 atom stereocenters. The third-order valence-electron chi connectivity index (χ3n) is 4.32. The molecule has 0 bridgehead atoms. The molecule has 26 heavy (non-hydrogen) atoms. The Kier molecular flexibility index (Phi) is 11.2. The number of hydrogen-bond donors (Lipinski definition) is 3. The molecule has 1 fully saturated rings. The van der Waals surface area contributed by atoms with Crippen molar-refractivity contribution in [2.75, 3.05) is 20.3 Å². The van der Waals surface area contributed by atoms with Crippen LogP contribution in [0, 0.1) is 0 Å². The minimum atomic E-state index is -1.36. The van der Waals surface area contributed by atoms with Gasteiger partial charge in [0.05, 0.1) is 19.8 Å². The molecule has 0 radical (unpaired) electrons. The van der Waals surface area contributed by atoms with Crippen LogP contribution in [-0.2, 0) is 19.0 Å². The number of nitrogens with zero attached hydrogens (tertiary/aromatic N) is 3. The Balaban J connectivity index is 2.23. The van der Waals surface area contributed by atoms with Gasteiger partial charge in [-0.05, 0) is 18.4 Å². The Labute approximate surface area is 152 Å². The van der Waals surface area contributed by atoms with Crippen LogP contribution in [0.4, 0.5) is 0 Å². The first-order valence-corrected chi connectivity index (χ1v) is 8.90. The highest BCUT2D eigenvalue weighted by molar-refractivity contribution is 5.68. The summed E-state index contributed by atoms with van der Waals surface area (Å²) < 4.78 is 15.5. The van der Waals surface area contributed by atoms with Crippen molar-refractivity contribution in [1.29, 1.82) is 0 Å². The van der Waals surface area contributed by atoms with E-state index in [9.17, 15) is 20.1 Å². The lowest BCUT2D eigenvalue weighted by Gasteiger charge is -2.40. The maximum atomic E-state index is 11.0. The Morgan fingerprint density at radius 1 is 1.15 bits per heavy atom. The number of aliphatic hydroxyl groups is 3. The van der Waals surface area contributed by atoms with Gasteiger partial charge in [-0.25, -0.2) is 0 Å².